The maximum Gasteiger partial charge on any atom is 0.483 e. The van der Waals surface area contributed by atoms with Crippen LogP contribution in [0.15, 0.2) is 0 Å². The van der Waals surface area contributed by atoms with Gasteiger partial charge in [-0.2, -0.15) is 8.62 Å². The zero-order valence-electron chi connectivity index (χ0n) is 84.9. The maximum absolute atomic E-state index is 15.5. The van der Waals surface area contributed by atoms with Crippen LogP contribution in [0, 0.1) is 0 Å². The molecule has 2 heterocycles. The van der Waals surface area contributed by atoms with E-state index in [4.69, 9.17) is 67.0 Å². The van der Waals surface area contributed by atoms with Crippen LogP contribution in [-0.2, 0) is 107 Å². The third-order valence-corrected chi connectivity index (χ3v) is 30.3. The number of nitrogens with one attached hydrogen (secondary N) is 2. The van der Waals surface area contributed by atoms with E-state index < -0.39 is 205 Å². The van der Waals surface area contributed by atoms with Gasteiger partial charge in [0.2, 0.25) is 11.8 Å². The molecule has 2 amide bonds. The second kappa shape index (κ2) is 82.1. The van der Waals surface area contributed by atoms with Crippen LogP contribution >= 0.6 is 31.3 Å². The monoisotopic (exact) mass is 2040 g/mol. The molecule has 39 heteroatoms. The van der Waals surface area contributed by atoms with E-state index in [0.29, 0.717) is 57.8 Å². The number of unbranched alkanes of at least 4 members (excludes halogenated alkanes) is 50. The molecule has 0 spiro atoms. The predicted molar refractivity (Wildman–Crippen MR) is 528 cm³/mol. The van der Waals surface area contributed by atoms with Crippen molar-refractivity contribution in [2.45, 2.75) is 551 Å². The largest absolute Gasteiger partial charge is 0.483 e. The second-order valence-corrected chi connectivity index (χ2v) is 43.8. The van der Waals surface area contributed by atoms with Gasteiger partial charge in [0, 0.05) is 25.9 Å². The summed E-state index contributed by atoms with van der Waals surface area (Å²) in [5.74, 6) is -5.67. The normalized spacial score (nSPS) is 21.2. The quantitative estimate of drug-likeness (QED) is 0.0116. The van der Waals surface area contributed by atoms with E-state index in [9.17, 15) is 77.4 Å². The number of carbonyl (C=O) groups is 6. The SMILES string of the molecule is CCCCCCCCCCCCCC(=O)O[C@H](CCCCCCCCCCC)CC(=O)O[C@@H]1[C@@H](NC(=O)C[C@@H](CCCCCCCCCCC)OC(=O)CCCCCCCCCCC)[C@H](OC[C@H]2O[C@H](OP(=O)(O)OP(=O)(O)OCCN)[C@H](NC(=O)C[C@H](O)CCCCCCCCCCC)[C@@H](OC(=O)C[C@H](O)CCCCCCCCCCC)[C@@H]2O)O[C@H](CO)[C@H]1OP(=O)(O)OP(=O)(O)OCCN. The van der Waals surface area contributed by atoms with Crippen LogP contribution in [0.5, 0.6) is 0 Å². The van der Waals surface area contributed by atoms with Gasteiger partial charge in [0.15, 0.2) is 24.8 Å². The molecule has 0 bridgehead atoms. The molecule has 4 unspecified atom stereocenters. The molecular formula is C98H190N4O31P4. The Labute approximate surface area is 822 Å². The number of aliphatic hydroxyl groups excluding tert-OH is 4. The number of hydrogen-bond donors (Lipinski definition) is 12. The van der Waals surface area contributed by atoms with Gasteiger partial charge in [0.25, 0.3) is 0 Å². The van der Waals surface area contributed by atoms with Gasteiger partial charge >= 0.3 is 55.2 Å². The van der Waals surface area contributed by atoms with Gasteiger partial charge in [-0.15, -0.1) is 0 Å². The Balaban J connectivity index is 3.14. The van der Waals surface area contributed by atoms with Gasteiger partial charge in [0.1, 0.15) is 48.7 Å². The molecule has 35 nitrogen and oxygen atoms in total. The zero-order valence-corrected chi connectivity index (χ0v) is 88.5. The first kappa shape index (κ1) is 130. The van der Waals surface area contributed by atoms with E-state index in [1.807, 2.05) is 0 Å². The van der Waals surface area contributed by atoms with Crippen LogP contribution in [0.3, 0.4) is 0 Å². The van der Waals surface area contributed by atoms with Crippen molar-refractivity contribution in [2.24, 2.45) is 11.5 Å². The molecular weight excluding hydrogens is 1850 g/mol. The summed E-state index contributed by atoms with van der Waals surface area (Å²) in [4.78, 5) is 133. The van der Waals surface area contributed by atoms with Crippen molar-refractivity contribution in [1.29, 1.82) is 0 Å². The van der Waals surface area contributed by atoms with E-state index in [1.165, 1.54) is 19.3 Å². The molecule has 2 aliphatic rings. The third-order valence-electron chi connectivity index (χ3n) is 25.0. The van der Waals surface area contributed by atoms with Gasteiger partial charge in [0.05, 0.1) is 64.3 Å². The summed E-state index contributed by atoms with van der Waals surface area (Å²) in [5.41, 5.74) is 11.1. The van der Waals surface area contributed by atoms with Gasteiger partial charge in [-0.05, 0) is 51.4 Å². The van der Waals surface area contributed by atoms with Gasteiger partial charge in [-0.25, -0.2) is 18.3 Å². The first-order chi connectivity index (χ1) is 65.8. The third kappa shape index (κ3) is 67.4. The summed E-state index contributed by atoms with van der Waals surface area (Å²) in [6.07, 6.45) is 28.0. The second-order valence-electron chi connectivity index (χ2n) is 37.8. The highest BCUT2D eigenvalue weighted by atomic mass is 31.3. The maximum atomic E-state index is 15.5. The molecule has 0 aromatic carbocycles. The van der Waals surface area contributed by atoms with Gasteiger partial charge in [-0.1, -0.05) is 375 Å². The summed E-state index contributed by atoms with van der Waals surface area (Å²) in [5, 5.41) is 52.4. The minimum atomic E-state index is -6.11. The fourth-order valence-corrected chi connectivity index (χ4v) is 21.7. The van der Waals surface area contributed by atoms with Crippen LogP contribution in [0.1, 0.15) is 465 Å². The van der Waals surface area contributed by atoms with E-state index >= 15 is 9.59 Å². The lowest BCUT2D eigenvalue weighted by Gasteiger charge is -2.47. The van der Waals surface area contributed by atoms with Crippen molar-refractivity contribution in [3.63, 3.8) is 0 Å². The van der Waals surface area contributed by atoms with Crippen LogP contribution < -0.4 is 22.1 Å². The minimum Gasteiger partial charge on any atom is -0.462 e. The Morgan fingerprint density at radius 1 is 0.343 bits per heavy atom. The number of ether oxygens (including phenoxy) is 7. The van der Waals surface area contributed by atoms with Crippen molar-refractivity contribution in [1.82, 2.24) is 10.6 Å². The summed E-state index contributed by atoms with van der Waals surface area (Å²) in [6.45, 7) is 8.26. The number of rotatable bonds is 94. The van der Waals surface area contributed by atoms with Crippen molar-refractivity contribution < 1.29 is 147 Å². The molecule has 2 rings (SSSR count). The molecule has 18 atom stereocenters. The first-order valence-electron chi connectivity index (χ1n) is 53.6. The lowest BCUT2D eigenvalue weighted by Crippen LogP contribution is -2.68. The van der Waals surface area contributed by atoms with E-state index in [0.717, 1.165) is 283 Å². The lowest BCUT2D eigenvalue weighted by atomic mass is 9.95. The molecule has 2 aliphatic heterocycles. The zero-order chi connectivity index (χ0) is 101. The number of aliphatic hydroxyl groups is 4. The number of phosphoric ester groups is 4. The van der Waals surface area contributed by atoms with E-state index in [2.05, 4.69) is 56.5 Å². The van der Waals surface area contributed by atoms with E-state index in [-0.39, 0.29) is 51.6 Å². The molecule has 0 aliphatic carbocycles. The smallest absolute Gasteiger partial charge is 0.462 e. The van der Waals surface area contributed by atoms with Crippen molar-refractivity contribution in [3.8, 4) is 0 Å². The van der Waals surface area contributed by atoms with Crippen LogP contribution in [0.2, 0.25) is 0 Å². The number of phosphoric acid groups is 4. The highest BCUT2D eigenvalue weighted by Gasteiger charge is 2.56. The highest BCUT2D eigenvalue weighted by molar-refractivity contribution is 7.61. The number of nitrogens with two attached hydrogens (primary N) is 2. The number of hydrogen-bond acceptors (Lipinski definition) is 29. The van der Waals surface area contributed by atoms with E-state index in [1.54, 1.807) is 0 Å². The number of esters is 4. The van der Waals surface area contributed by atoms with Crippen LogP contribution in [0.4, 0.5) is 0 Å². The molecule has 2 fully saturated rings. The average molecular weight is 2040 g/mol. The molecule has 14 N–H and O–H groups in total. The van der Waals surface area contributed by atoms with Crippen LogP contribution in [-0.4, -0.2) is 201 Å². The van der Waals surface area contributed by atoms with Crippen molar-refractivity contribution >= 4 is 67.0 Å². The average Bonchev–Trinajstić information content (AvgIpc) is 0.771. The minimum absolute atomic E-state index is 0.00460. The number of amides is 2. The summed E-state index contributed by atoms with van der Waals surface area (Å²) >= 11 is 0. The van der Waals surface area contributed by atoms with Crippen molar-refractivity contribution in [2.75, 3.05) is 39.5 Å². The van der Waals surface area contributed by atoms with Crippen LogP contribution in [0.25, 0.3) is 0 Å². The highest BCUT2D eigenvalue weighted by Crippen LogP contribution is 2.63. The Kier molecular flexibility index (Phi) is 77.9. The fourth-order valence-electron chi connectivity index (χ4n) is 17.3. The predicted octanol–water partition coefficient (Wildman–Crippen LogP) is 20.8. The molecule has 137 heavy (non-hydrogen) atoms. The summed E-state index contributed by atoms with van der Waals surface area (Å²) < 4.78 is 129. The topological polar surface area (TPSA) is 529 Å². The molecule has 0 radical (unpaired) electrons. The molecule has 2 saturated heterocycles. The lowest BCUT2D eigenvalue weighted by molar-refractivity contribution is -0.296. The number of carbonyl (C=O) groups excluding carboxylic acids is 6. The molecule has 0 saturated carbocycles. The summed E-state index contributed by atoms with van der Waals surface area (Å²) in [7, 11) is -23.4. The molecule has 0 aromatic heterocycles. The summed E-state index contributed by atoms with van der Waals surface area (Å²) in [6, 6.07) is -4.29. The molecule has 808 valence electrons. The Morgan fingerprint density at radius 3 is 1.01 bits per heavy atom. The first-order valence-corrected chi connectivity index (χ1v) is 59.6. The Hall–Kier alpha value is -3.02. The Bertz CT molecular complexity index is 3260. The van der Waals surface area contributed by atoms with Gasteiger partial charge < -0.3 is 95.3 Å². The standard InChI is InChI=1S/C98H190N4O31P4/c1-7-13-19-25-31-37-38-44-50-56-62-68-88(109)125-82(66-60-54-48-42-35-29-23-17-11-5)76-90(111)129-96-92(102-86(107)75-81(65-59-53-47-41-34-28-22-16-10-4)124-87(108)67-61-55-49-43-36-30-24-18-12-6)97(126-83(77-103)94(96)130-136(117,118)132-134(113,114)122-71-69-99)121-78-84-93(112)95(128-89(110)74-80(105)64-58-52-46-40-33-27-21-15-9-3)91(98(127-84)131-137(119,120)133-135(115,116)123-72-70-100)101-85(106)73-79(104)63-57-51-45-39-32-26-20-14-8-2/h79-84,91-98,103-105,112H,7-78,99-100H2,1-6H3,(H,101,106)(H,102,107)(H,113,114)(H,115,116)(H,117,118)(H,119,120)/t79-,80-,81-,82-,83-,84-,91-,92-,93-,94-,95-,96-,97-,98-/m1/s1. The van der Waals surface area contributed by atoms with Gasteiger partial charge in [-0.3, -0.25) is 46.9 Å². The molecule has 0 aromatic rings. The Morgan fingerprint density at radius 2 is 0.642 bits per heavy atom. The fraction of sp³-hybridized carbons (Fsp3) is 0.939. The van der Waals surface area contributed by atoms with Crippen molar-refractivity contribution in [3.05, 3.63) is 0 Å².